The van der Waals surface area contributed by atoms with Crippen molar-refractivity contribution >= 4 is 36.0 Å². The first kappa shape index (κ1) is 27.1. The van der Waals surface area contributed by atoms with Crippen LogP contribution in [0.4, 0.5) is 25.0 Å². The van der Waals surface area contributed by atoms with Crippen LogP contribution in [0.5, 0.6) is 5.75 Å². The normalized spacial score (nSPS) is 17.2. The van der Waals surface area contributed by atoms with E-state index in [9.17, 15) is 9.18 Å². The summed E-state index contributed by atoms with van der Waals surface area (Å²) in [5.74, 6) is 0.271. The van der Waals surface area contributed by atoms with Gasteiger partial charge in [0.15, 0.2) is 0 Å². The third kappa shape index (κ3) is 8.05. The fourth-order valence-corrected chi connectivity index (χ4v) is 3.86. The van der Waals surface area contributed by atoms with E-state index in [1.807, 2.05) is 7.05 Å². The van der Waals surface area contributed by atoms with E-state index in [-0.39, 0.29) is 24.3 Å². The van der Waals surface area contributed by atoms with Crippen LogP contribution in [-0.2, 0) is 0 Å². The van der Waals surface area contributed by atoms with Crippen molar-refractivity contribution in [1.29, 1.82) is 0 Å². The Kier molecular flexibility index (Phi) is 9.03. The van der Waals surface area contributed by atoms with Gasteiger partial charge in [0, 0.05) is 43.3 Å². The van der Waals surface area contributed by atoms with Crippen molar-refractivity contribution in [2.75, 3.05) is 37.3 Å². The molecule has 194 valence electrons. The molecule has 1 aliphatic heterocycles. The number of likely N-dealkylation sites (N-methyl/N-ethyl adjacent to an activating group) is 1. The molecule has 2 aromatic rings. The van der Waals surface area contributed by atoms with Gasteiger partial charge in [0.25, 0.3) is 0 Å². The highest BCUT2D eigenvalue weighted by atomic mass is 19.1. The van der Waals surface area contributed by atoms with Crippen LogP contribution < -0.4 is 31.1 Å². The number of carbonyl (C=O) groups excluding carboxylic acids is 1. The van der Waals surface area contributed by atoms with Crippen LogP contribution in [0, 0.1) is 5.82 Å². The van der Waals surface area contributed by atoms with Crippen LogP contribution in [0.15, 0.2) is 41.4 Å². The number of carbonyl (C=O) groups is 1. The molecule has 7 nitrogen and oxygen atoms in total. The van der Waals surface area contributed by atoms with Crippen molar-refractivity contribution in [3.05, 3.63) is 52.7 Å². The second-order valence-corrected chi connectivity index (χ2v) is 9.52. The van der Waals surface area contributed by atoms with E-state index < -0.39 is 17.5 Å². The number of rotatable bonds is 9. The molecule has 1 heterocycles. The summed E-state index contributed by atoms with van der Waals surface area (Å²) >= 11 is 0. The Labute approximate surface area is 210 Å². The van der Waals surface area contributed by atoms with Gasteiger partial charge < -0.3 is 25.6 Å². The summed E-state index contributed by atoms with van der Waals surface area (Å²) in [5.41, 5.74) is -0.140. The topological polar surface area (TPSA) is 78.0 Å². The maximum atomic E-state index is 15.2. The molecule has 3 rings (SSSR count). The van der Waals surface area contributed by atoms with Crippen molar-refractivity contribution in [3.8, 4) is 5.75 Å². The predicted octanol–water partition coefficient (Wildman–Crippen LogP) is 3.85. The number of aliphatic imine (C=N–C) groups is 1. The van der Waals surface area contributed by atoms with E-state index in [0.717, 1.165) is 19.5 Å². The van der Waals surface area contributed by atoms with Crippen molar-refractivity contribution < 1.29 is 18.3 Å². The van der Waals surface area contributed by atoms with Crippen LogP contribution in [-0.4, -0.2) is 55.6 Å². The zero-order chi connectivity index (χ0) is 26.3. The first-order chi connectivity index (χ1) is 17.0. The summed E-state index contributed by atoms with van der Waals surface area (Å²) in [7, 11) is 2.03. The second kappa shape index (κ2) is 12.0. The number of halogens is 2. The molecule has 0 spiro atoms. The molecule has 2 amide bonds. The molecule has 1 atom stereocenters. The number of hydrogen-bond donors (Lipinski definition) is 3. The quantitative estimate of drug-likeness (QED) is 0.458. The lowest BCUT2D eigenvalue weighted by Gasteiger charge is -2.15. The summed E-state index contributed by atoms with van der Waals surface area (Å²) < 4.78 is 34.7. The van der Waals surface area contributed by atoms with Gasteiger partial charge >= 0.3 is 6.03 Å². The zero-order valence-corrected chi connectivity index (χ0v) is 21.3. The molecule has 1 saturated heterocycles. The van der Waals surface area contributed by atoms with Gasteiger partial charge in [-0.2, -0.15) is 0 Å². The summed E-state index contributed by atoms with van der Waals surface area (Å²) in [6, 6.07) is 9.54. The summed E-state index contributed by atoms with van der Waals surface area (Å²) in [6.07, 6.45) is 2.71. The minimum atomic E-state index is -1.34. The maximum Gasteiger partial charge on any atom is 0.319 e. The molecule has 36 heavy (non-hydrogen) atoms. The number of likely N-dealkylation sites (tertiary alicyclic amines) is 1. The lowest BCUT2D eigenvalue weighted by molar-refractivity contribution is 0.200. The van der Waals surface area contributed by atoms with Crippen LogP contribution in [0.25, 0.3) is 12.4 Å². The number of alkyl halides is 1. The number of nitrogens with zero attached hydrogens (tertiary/aromatic N) is 2. The second-order valence-electron chi connectivity index (χ2n) is 9.52. The zero-order valence-electron chi connectivity index (χ0n) is 21.3. The number of hydrogen-bond acceptors (Lipinski definition) is 5. The Morgan fingerprint density at radius 3 is 2.47 bits per heavy atom. The molecular weight excluding hydrogens is 464 g/mol. The van der Waals surface area contributed by atoms with Gasteiger partial charge in [-0.15, -0.1) is 0 Å². The molecule has 0 aromatic heterocycles. The van der Waals surface area contributed by atoms with Crippen LogP contribution >= 0.6 is 0 Å². The largest absolute Gasteiger partial charge is 0.489 e. The third-order valence-corrected chi connectivity index (χ3v) is 5.70. The number of benzene rings is 2. The summed E-state index contributed by atoms with van der Waals surface area (Å²) in [6.45, 7) is 10.7. The molecule has 0 saturated carbocycles. The highest BCUT2D eigenvalue weighted by Crippen LogP contribution is 2.18. The smallest absolute Gasteiger partial charge is 0.319 e. The Balaban J connectivity index is 1.72. The molecule has 2 aromatic carbocycles. The summed E-state index contributed by atoms with van der Waals surface area (Å²) in [5, 5.41) is 9.16. The van der Waals surface area contributed by atoms with E-state index in [2.05, 4.69) is 32.4 Å². The highest BCUT2D eigenvalue weighted by Gasteiger charge is 2.21. The maximum absolute atomic E-state index is 15.2. The standard InChI is InChI=1S/C27H35F2N5O2/c1-6-30-25(24-18(2)15-22(16-23(24)28)36-21-11-14-34(5)17-21)32-19-7-9-20(10-8-19)33-26(35)31-13-12-27(3,4)29/h6-10,15-16,21,32H,2,11-14,17H2,1,3-5H3,(H2,31,33,35)/b25-24-,30-6-. The van der Waals surface area contributed by atoms with Crippen molar-refractivity contribution in [2.45, 2.75) is 45.4 Å². The highest BCUT2D eigenvalue weighted by molar-refractivity contribution is 5.89. The van der Waals surface area contributed by atoms with E-state index in [4.69, 9.17) is 4.74 Å². The van der Waals surface area contributed by atoms with Crippen LogP contribution in [0.2, 0.25) is 0 Å². The first-order valence-electron chi connectivity index (χ1n) is 12.0. The lowest BCUT2D eigenvalue weighted by Crippen LogP contribution is -2.32. The first-order valence-corrected chi connectivity index (χ1v) is 12.0. The fraction of sp³-hybridized carbons (Fsp3) is 0.407. The van der Waals surface area contributed by atoms with Crippen molar-refractivity contribution in [3.63, 3.8) is 0 Å². The number of nitrogens with one attached hydrogen (secondary N) is 3. The van der Waals surface area contributed by atoms with E-state index in [1.165, 1.54) is 19.9 Å². The van der Waals surface area contributed by atoms with E-state index in [1.54, 1.807) is 43.5 Å². The van der Waals surface area contributed by atoms with Gasteiger partial charge in [0.2, 0.25) is 0 Å². The molecule has 0 bridgehead atoms. The average Bonchev–Trinajstić information content (AvgIpc) is 3.18. The van der Waals surface area contributed by atoms with Gasteiger partial charge in [0.05, 0.1) is 5.22 Å². The Morgan fingerprint density at radius 1 is 1.25 bits per heavy atom. The molecular formula is C27H35F2N5O2. The minimum absolute atomic E-state index is 0.0274. The summed E-state index contributed by atoms with van der Waals surface area (Å²) in [4.78, 5) is 18.5. The molecule has 1 unspecified atom stereocenters. The van der Waals surface area contributed by atoms with Crippen LogP contribution in [0.3, 0.4) is 0 Å². The van der Waals surface area contributed by atoms with Crippen molar-refractivity contribution in [1.82, 2.24) is 10.2 Å². The Morgan fingerprint density at radius 2 is 1.92 bits per heavy atom. The van der Waals surface area contributed by atoms with Crippen molar-refractivity contribution in [2.24, 2.45) is 4.99 Å². The Bertz CT molecular complexity index is 1190. The molecule has 1 fully saturated rings. The Hall–Kier alpha value is -3.46. The monoisotopic (exact) mass is 499 g/mol. The lowest BCUT2D eigenvalue weighted by atomic mass is 10.1. The SMILES string of the molecule is C=c1cc(OC2CCN(C)C2)cc(F)/c1=C(/N=C\C)Nc1ccc(NC(=O)NCCC(C)(C)F)cc1. The van der Waals surface area contributed by atoms with E-state index in [0.29, 0.717) is 28.2 Å². The third-order valence-electron chi connectivity index (χ3n) is 5.70. The number of amides is 2. The van der Waals surface area contributed by atoms with Crippen LogP contribution in [0.1, 0.15) is 33.6 Å². The van der Waals surface area contributed by atoms with Gasteiger partial charge in [0.1, 0.15) is 29.2 Å². The van der Waals surface area contributed by atoms with Gasteiger partial charge in [-0.05, 0) is 76.2 Å². The van der Waals surface area contributed by atoms with Gasteiger partial charge in [-0.25, -0.2) is 18.6 Å². The average molecular weight is 500 g/mol. The fourth-order valence-electron chi connectivity index (χ4n) is 3.86. The number of ether oxygens (including phenoxy) is 1. The minimum Gasteiger partial charge on any atom is -0.489 e. The number of anilines is 2. The molecule has 0 aliphatic carbocycles. The predicted molar refractivity (Wildman–Crippen MR) is 142 cm³/mol. The molecule has 3 N–H and O–H groups in total. The van der Waals surface area contributed by atoms with E-state index >= 15 is 4.39 Å². The molecule has 0 radical (unpaired) electrons. The molecule has 9 heteroatoms. The molecule has 1 aliphatic rings. The van der Waals surface area contributed by atoms with Gasteiger partial charge in [-0.3, -0.25) is 0 Å². The number of urea groups is 1. The van der Waals surface area contributed by atoms with Gasteiger partial charge in [-0.1, -0.05) is 6.58 Å².